The minimum Gasteiger partial charge on any atom is -0.449 e. The number of para-hydroxylation sites is 2. The number of nitrogens with one attached hydrogen (secondary N) is 2. The van der Waals surface area contributed by atoms with Crippen LogP contribution >= 0.6 is 0 Å². The number of benzene rings is 2. The number of anilines is 2. The number of amides is 1. The molecule has 0 fully saturated rings. The average molecular weight is 370 g/mol. The highest BCUT2D eigenvalue weighted by molar-refractivity contribution is 6.05. The van der Waals surface area contributed by atoms with Crippen LogP contribution in [0.25, 0.3) is 0 Å². The number of aliphatic hydroxyl groups is 1. The van der Waals surface area contributed by atoms with Crippen LogP contribution in [0.4, 0.5) is 11.4 Å². The molecule has 1 amide bonds. The Morgan fingerprint density at radius 1 is 1.00 bits per heavy atom. The Kier molecular flexibility index (Phi) is 7.08. The molecular formula is C20H22N2O5. The molecule has 0 saturated heterocycles. The third-order valence-electron chi connectivity index (χ3n) is 3.79. The van der Waals surface area contributed by atoms with Crippen LogP contribution in [0.2, 0.25) is 0 Å². The van der Waals surface area contributed by atoms with E-state index in [0.717, 1.165) is 0 Å². The van der Waals surface area contributed by atoms with Gasteiger partial charge in [0.05, 0.1) is 17.9 Å². The fraction of sp³-hybridized carbons (Fsp3) is 0.250. The smallest absolute Gasteiger partial charge is 0.341 e. The van der Waals surface area contributed by atoms with Gasteiger partial charge < -0.3 is 20.5 Å². The van der Waals surface area contributed by atoms with Crippen molar-refractivity contribution in [3.8, 4) is 0 Å². The Hall–Kier alpha value is -3.19. The van der Waals surface area contributed by atoms with Crippen molar-refractivity contribution in [2.75, 3.05) is 23.8 Å². The zero-order valence-corrected chi connectivity index (χ0v) is 15.2. The molecule has 0 aromatic heterocycles. The normalized spacial score (nSPS) is 11.4. The molecule has 142 valence electrons. The van der Waals surface area contributed by atoms with Crippen LogP contribution < -0.4 is 10.6 Å². The molecular weight excluding hydrogens is 348 g/mol. The fourth-order valence-electron chi connectivity index (χ4n) is 2.42. The lowest BCUT2D eigenvalue weighted by Crippen LogP contribution is -2.30. The van der Waals surface area contributed by atoms with Gasteiger partial charge in [-0.3, -0.25) is 9.59 Å². The van der Waals surface area contributed by atoms with Crippen LogP contribution in [0.3, 0.4) is 0 Å². The summed E-state index contributed by atoms with van der Waals surface area (Å²) in [5, 5.41) is 14.5. The van der Waals surface area contributed by atoms with Crippen molar-refractivity contribution in [2.24, 2.45) is 0 Å². The number of hydrogen-bond acceptors (Lipinski definition) is 6. The topological polar surface area (TPSA) is 105 Å². The lowest BCUT2D eigenvalue weighted by atomic mass is 10.1. The summed E-state index contributed by atoms with van der Waals surface area (Å²) in [6.07, 6.45) is -1.07. The predicted molar refractivity (Wildman–Crippen MR) is 102 cm³/mol. The third kappa shape index (κ3) is 5.39. The summed E-state index contributed by atoms with van der Waals surface area (Å²) in [4.78, 5) is 36.4. The largest absolute Gasteiger partial charge is 0.449 e. The van der Waals surface area contributed by atoms with E-state index in [1.165, 1.54) is 13.8 Å². The van der Waals surface area contributed by atoms with Gasteiger partial charge in [0, 0.05) is 17.8 Å². The van der Waals surface area contributed by atoms with E-state index in [1.54, 1.807) is 48.5 Å². The summed E-state index contributed by atoms with van der Waals surface area (Å²) in [7, 11) is 0. The molecule has 27 heavy (non-hydrogen) atoms. The van der Waals surface area contributed by atoms with Gasteiger partial charge in [0.2, 0.25) is 0 Å². The Labute approximate surface area is 157 Å². The predicted octanol–water partition coefficient (Wildman–Crippen LogP) is 2.48. The van der Waals surface area contributed by atoms with Gasteiger partial charge in [-0.15, -0.1) is 0 Å². The third-order valence-corrected chi connectivity index (χ3v) is 3.79. The second-order valence-corrected chi connectivity index (χ2v) is 5.83. The van der Waals surface area contributed by atoms with Crippen molar-refractivity contribution >= 4 is 29.0 Å². The van der Waals surface area contributed by atoms with Gasteiger partial charge in [-0.2, -0.15) is 0 Å². The van der Waals surface area contributed by atoms with Crippen LogP contribution in [0.1, 0.15) is 34.6 Å². The Morgan fingerprint density at radius 2 is 1.59 bits per heavy atom. The molecule has 2 rings (SSSR count). The first-order chi connectivity index (χ1) is 12.9. The molecule has 2 aromatic carbocycles. The maximum atomic E-state index is 12.4. The van der Waals surface area contributed by atoms with Crippen LogP contribution in [-0.4, -0.2) is 42.0 Å². The molecule has 3 N–H and O–H groups in total. The SMILES string of the molecule is CC(=O)c1ccccc1NC(=O)C(C)OC(=O)c1ccccc1NCCO. The van der Waals surface area contributed by atoms with E-state index < -0.39 is 18.0 Å². The van der Waals surface area contributed by atoms with Crippen LogP contribution in [0.5, 0.6) is 0 Å². The zero-order chi connectivity index (χ0) is 19.8. The minimum atomic E-state index is -1.07. The first kappa shape index (κ1) is 20.1. The van der Waals surface area contributed by atoms with E-state index in [4.69, 9.17) is 9.84 Å². The highest BCUT2D eigenvalue weighted by Gasteiger charge is 2.21. The van der Waals surface area contributed by atoms with Crippen molar-refractivity contribution in [3.63, 3.8) is 0 Å². The number of esters is 1. The summed E-state index contributed by atoms with van der Waals surface area (Å²) in [5.74, 6) is -1.39. The average Bonchev–Trinajstić information content (AvgIpc) is 2.66. The van der Waals surface area contributed by atoms with Crippen molar-refractivity contribution < 1.29 is 24.2 Å². The molecule has 1 atom stereocenters. The highest BCUT2D eigenvalue weighted by Crippen LogP contribution is 2.18. The maximum Gasteiger partial charge on any atom is 0.341 e. The molecule has 0 aliphatic heterocycles. The van der Waals surface area contributed by atoms with Gasteiger partial charge >= 0.3 is 5.97 Å². The van der Waals surface area contributed by atoms with E-state index in [-0.39, 0.29) is 24.5 Å². The molecule has 0 aliphatic carbocycles. The van der Waals surface area contributed by atoms with E-state index in [9.17, 15) is 14.4 Å². The van der Waals surface area contributed by atoms with Crippen LogP contribution in [-0.2, 0) is 9.53 Å². The number of carbonyl (C=O) groups is 3. The molecule has 0 aliphatic rings. The number of ether oxygens (including phenoxy) is 1. The second kappa shape index (κ2) is 9.49. The maximum absolute atomic E-state index is 12.4. The first-order valence-electron chi connectivity index (χ1n) is 8.49. The first-order valence-corrected chi connectivity index (χ1v) is 8.49. The number of ketones is 1. The molecule has 0 saturated carbocycles. The molecule has 7 heteroatoms. The molecule has 0 radical (unpaired) electrons. The van der Waals surface area contributed by atoms with Crippen molar-refractivity contribution in [1.29, 1.82) is 0 Å². The molecule has 0 bridgehead atoms. The molecule has 7 nitrogen and oxygen atoms in total. The molecule has 0 spiro atoms. The zero-order valence-electron chi connectivity index (χ0n) is 15.2. The van der Waals surface area contributed by atoms with Gasteiger partial charge in [0.1, 0.15) is 0 Å². The lowest BCUT2D eigenvalue weighted by molar-refractivity contribution is -0.123. The molecule has 2 aromatic rings. The lowest BCUT2D eigenvalue weighted by Gasteiger charge is -2.16. The molecule has 1 unspecified atom stereocenters. The van der Waals surface area contributed by atoms with Crippen molar-refractivity contribution in [1.82, 2.24) is 0 Å². The highest BCUT2D eigenvalue weighted by atomic mass is 16.5. The van der Waals surface area contributed by atoms with Gasteiger partial charge in [0.25, 0.3) is 5.91 Å². The van der Waals surface area contributed by atoms with Gasteiger partial charge in [0.15, 0.2) is 11.9 Å². The number of carbonyl (C=O) groups excluding carboxylic acids is 3. The van der Waals surface area contributed by atoms with E-state index >= 15 is 0 Å². The van der Waals surface area contributed by atoms with Gasteiger partial charge in [-0.05, 0) is 38.1 Å². The summed E-state index contributed by atoms with van der Waals surface area (Å²) < 4.78 is 5.25. The summed E-state index contributed by atoms with van der Waals surface area (Å²) in [6, 6.07) is 13.3. The van der Waals surface area contributed by atoms with Crippen LogP contribution in [0.15, 0.2) is 48.5 Å². The second-order valence-electron chi connectivity index (χ2n) is 5.83. The van der Waals surface area contributed by atoms with Gasteiger partial charge in [-0.25, -0.2) is 4.79 Å². The number of hydrogen-bond donors (Lipinski definition) is 3. The molecule has 0 heterocycles. The summed E-state index contributed by atoms with van der Waals surface area (Å²) >= 11 is 0. The number of rotatable bonds is 8. The summed E-state index contributed by atoms with van der Waals surface area (Å²) in [6.45, 7) is 3.05. The Bertz CT molecular complexity index is 835. The number of Topliss-reactive ketones (excluding diaryl/α,β-unsaturated/α-hetero) is 1. The van der Waals surface area contributed by atoms with Crippen molar-refractivity contribution in [3.05, 3.63) is 59.7 Å². The van der Waals surface area contributed by atoms with E-state index in [1.807, 2.05) is 0 Å². The van der Waals surface area contributed by atoms with E-state index in [2.05, 4.69) is 10.6 Å². The monoisotopic (exact) mass is 370 g/mol. The van der Waals surface area contributed by atoms with Gasteiger partial charge in [-0.1, -0.05) is 24.3 Å². The Morgan fingerprint density at radius 3 is 2.22 bits per heavy atom. The van der Waals surface area contributed by atoms with Crippen molar-refractivity contribution in [2.45, 2.75) is 20.0 Å². The van der Waals surface area contributed by atoms with E-state index in [0.29, 0.717) is 16.9 Å². The minimum absolute atomic E-state index is 0.0856. The quantitative estimate of drug-likeness (QED) is 0.487. The van der Waals surface area contributed by atoms with Crippen LogP contribution in [0, 0.1) is 0 Å². The fourth-order valence-corrected chi connectivity index (χ4v) is 2.42. The standard InChI is InChI=1S/C20H22N2O5/c1-13(24)15-7-3-6-10-18(15)22-19(25)14(2)27-20(26)16-8-4-5-9-17(16)21-11-12-23/h3-10,14,21,23H,11-12H2,1-2H3,(H,22,25). The number of aliphatic hydroxyl groups excluding tert-OH is 1. The summed E-state index contributed by atoms with van der Waals surface area (Å²) in [5.41, 5.74) is 1.51. The Balaban J connectivity index is 2.07.